The van der Waals surface area contributed by atoms with E-state index >= 15 is 0 Å². The van der Waals surface area contributed by atoms with Gasteiger partial charge in [-0.05, 0) is 12.1 Å². The lowest BCUT2D eigenvalue weighted by Gasteiger charge is -1.96. The van der Waals surface area contributed by atoms with Gasteiger partial charge in [-0.2, -0.15) is 5.10 Å². The van der Waals surface area contributed by atoms with Crippen LogP contribution in [0.3, 0.4) is 0 Å². The molecule has 0 saturated heterocycles. The maximum absolute atomic E-state index is 12.0. The number of non-ortho nitro benzene ring substituents is 1. The Morgan fingerprint density at radius 1 is 1.17 bits per heavy atom. The van der Waals surface area contributed by atoms with Crippen LogP contribution in [0.4, 0.5) is 5.69 Å². The number of nitro groups is 1. The van der Waals surface area contributed by atoms with Crippen LogP contribution in [-0.2, 0) is 0 Å². The quantitative estimate of drug-likeness (QED) is 0.455. The number of nitro benzene ring substituents is 1. The zero-order valence-corrected chi connectivity index (χ0v) is 11.8. The van der Waals surface area contributed by atoms with Crippen LogP contribution in [0.15, 0.2) is 64.1 Å². The highest BCUT2D eigenvalue weighted by Gasteiger charge is 2.11. The topological polar surface area (TPSA) is 97.7 Å². The van der Waals surface area contributed by atoms with Crippen LogP contribution in [-0.4, -0.2) is 17.0 Å². The fourth-order valence-corrected chi connectivity index (χ4v) is 2.03. The van der Waals surface area contributed by atoms with Crippen LogP contribution >= 0.6 is 0 Å². The fraction of sp³-hybridized carbons (Fsp3) is 0. The number of nitrogens with one attached hydrogen (secondary N) is 1. The van der Waals surface area contributed by atoms with Gasteiger partial charge in [0.1, 0.15) is 5.58 Å². The number of rotatable bonds is 4. The third-order valence-electron chi connectivity index (χ3n) is 3.11. The van der Waals surface area contributed by atoms with E-state index in [0.29, 0.717) is 11.1 Å². The Bertz CT molecular complexity index is 881. The second kappa shape index (κ2) is 6.10. The van der Waals surface area contributed by atoms with E-state index in [1.54, 1.807) is 24.3 Å². The molecule has 0 aliphatic rings. The first-order chi connectivity index (χ1) is 11.1. The molecule has 0 atom stereocenters. The number of hydrazone groups is 1. The largest absolute Gasteiger partial charge is 0.451 e. The summed E-state index contributed by atoms with van der Waals surface area (Å²) in [5.41, 5.74) is 3.40. The maximum atomic E-state index is 12.0. The monoisotopic (exact) mass is 309 g/mol. The summed E-state index contributed by atoms with van der Waals surface area (Å²) < 4.78 is 5.41. The van der Waals surface area contributed by atoms with Crippen molar-refractivity contribution in [2.75, 3.05) is 0 Å². The summed E-state index contributed by atoms with van der Waals surface area (Å²) in [6.45, 7) is 0. The lowest BCUT2D eigenvalue weighted by atomic mass is 10.2. The maximum Gasteiger partial charge on any atom is 0.307 e. The molecule has 0 bridgehead atoms. The molecule has 1 N–H and O–H groups in total. The molecule has 0 saturated carbocycles. The van der Waals surface area contributed by atoms with Gasteiger partial charge in [0.05, 0.1) is 11.1 Å². The third-order valence-corrected chi connectivity index (χ3v) is 3.11. The van der Waals surface area contributed by atoms with E-state index in [4.69, 9.17) is 4.42 Å². The summed E-state index contributed by atoms with van der Waals surface area (Å²) in [5, 5.41) is 15.3. The predicted molar refractivity (Wildman–Crippen MR) is 84.4 cm³/mol. The molecule has 0 radical (unpaired) electrons. The average Bonchev–Trinajstić information content (AvgIpc) is 2.99. The van der Waals surface area contributed by atoms with Crippen molar-refractivity contribution in [1.29, 1.82) is 0 Å². The Labute approximate surface area is 130 Å². The van der Waals surface area contributed by atoms with Gasteiger partial charge in [0.15, 0.2) is 5.76 Å². The summed E-state index contributed by atoms with van der Waals surface area (Å²) in [7, 11) is 0. The molecule has 1 aromatic heterocycles. The summed E-state index contributed by atoms with van der Waals surface area (Å²) in [4.78, 5) is 22.1. The Morgan fingerprint density at radius 3 is 2.78 bits per heavy atom. The minimum absolute atomic E-state index is 0.0439. The number of hydrogen-bond donors (Lipinski definition) is 1. The second-order valence-electron chi connectivity index (χ2n) is 4.70. The first-order valence-electron chi connectivity index (χ1n) is 6.70. The Hall–Kier alpha value is -3.48. The second-order valence-corrected chi connectivity index (χ2v) is 4.70. The van der Waals surface area contributed by atoms with Gasteiger partial charge in [-0.15, -0.1) is 0 Å². The first-order valence-corrected chi connectivity index (χ1v) is 6.70. The molecule has 7 heteroatoms. The molecule has 2 aromatic carbocycles. The number of amides is 1. The molecule has 0 unspecified atom stereocenters. The zero-order chi connectivity index (χ0) is 16.2. The number of carbonyl (C=O) groups is 1. The number of hydrogen-bond acceptors (Lipinski definition) is 5. The van der Waals surface area contributed by atoms with E-state index < -0.39 is 10.8 Å². The number of fused-ring (bicyclic) bond motifs is 1. The number of nitrogens with zero attached hydrogens (tertiary/aromatic N) is 2. The molecule has 3 aromatic rings. The van der Waals surface area contributed by atoms with Gasteiger partial charge in [0, 0.05) is 23.1 Å². The van der Waals surface area contributed by atoms with E-state index in [0.717, 1.165) is 5.39 Å². The van der Waals surface area contributed by atoms with E-state index in [2.05, 4.69) is 10.5 Å². The molecule has 0 spiro atoms. The lowest BCUT2D eigenvalue weighted by molar-refractivity contribution is -0.384. The van der Waals surface area contributed by atoms with Crippen LogP contribution in [0.2, 0.25) is 0 Å². The van der Waals surface area contributed by atoms with E-state index in [1.807, 2.05) is 18.2 Å². The molecule has 1 amide bonds. The van der Waals surface area contributed by atoms with Crippen LogP contribution in [0.1, 0.15) is 16.1 Å². The molecule has 1 heterocycles. The van der Waals surface area contributed by atoms with Crippen LogP contribution in [0.5, 0.6) is 0 Å². The van der Waals surface area contributed by atoms with E-state index in [-0.39, 0.29) is 11.4 Å². The van der Waals surface area contributed by atoms with Crippen molar-refractivity contribution in [3.8, 4) is 0 Å². The summed E-state index contributed by atoms with van der Waals surface area (Å²) in [5.74, 6) is -0.356. The fourth-order valence-electron chi connectivity index (χ4n) is 2.03. The van der Waals surface area contributed by atoms with Crippen LogP contribution < -0.4 is 5.43 Å². The van der Waals surface area contributed by atoms with Crippen LogP contribution in [0, 0.1) is 10.1 Å². The molecule has 114 valence electrons. The molecular formula is C16H11N3O4. The van der Waals surface area contributed by atoms with Crippen molar-refractivity contribution in [1.82, 2.24) is 5.43 Å². The first kappa shape index (κ1) is 14.5. The van der Waals surface area contributed by atoms with E-state index in [9.17, 15) is 14.9 Å². The van der Waals surface area contributed by atoms with Gasteiger partial charge in [-0.3, -0.25) is 14.9 Å². The minimum atomic E-state index is -0.497. The normalized spacial score (nSPS) is 11.0. The number of para-hydroxylation sites is 1. The highest BCUT2D eigenvalue weighted by atomic mass is 16.6. The Morgan fingerprint density at radius 2 is 2.00 bits per heavy atom. The highest BCUT2D eigenvalue weighted by Crippen LogP contribution is 2.18. The number of furan rings is 1. The van der Waals surface area contributed by atoms with Crippen molar-refractivity contribution in [3.63, 3.8) is 0 Å². The van der Waals surface area contributed by atoms with Gasteiger partial charge in [0.2, 0.25) is 0 Å². The summed E-state index contributed by atoms with van der Waals surface area (Å²) >= 11 is 0. The van der Waals surface area contributed by atoms with Gasteiger partial charge >= 0.3 is 5.91 Å². The van der Waals surface area contributed by atoms with Crippen molar-refractivity contribution in [3.05, 3.63) is 76.0 Å². The average molecular weight is 309 g/mol. The van der Waals surface area contributed by atoms with E-state index in [1.165, 1.54) is 18.3 Å². The SMILES string of the molecule is O=C(N/N=C\c1cccc([N+](=O)[O-])c1)c1cc2ccccc2o1. The predicted octanol–water partition coefficient (Wildman–Crippen LogP) is 3.10. The Kier molecular flexibility index (Phi) is 3.84. The number of carbonyl (C=O) groups excluding carboxylic acids is 1. The standard InChI is InChI=1S/C16H11N3O4/c20-16(15-9-12-5-1-2-7-14(12)23-15)18-17-10-11-4-3-6-13(8-11)19(21)22/h1-10H,(H,18,20)/b17-10-. The molecule has 0 aliphatic heterocycles. The molecule has 23 heavy (non-hydrogen) atoms. The van der Waals surface area contributed by atoms with Crippen LogP contribution in [0.25, 0.3) is 11.0 Å². The molecule has 0 aliphatic carbocycles. The Balaban J connectivity index is 1.71. The zero-order valence-electron chi connectivity index (χ0n) is 11.8. The summed E-state index contributed by atoms with van der Waals surface area (Å²) in [6.07, 6.45) is 1.33. The molecular weight excluding hydrogens is 298 g/mol. The van der Waals surface area contributed by atoms with Crippen molar-refractivity contribution in [2.24, 2.45) is 5.10 Å². The van der Waals surface area contributed by atoms with Crippen molar-refractivity contribution in [2.45, 2.75) is 0 Å². The van der Waals surface area contributed by atoms with Gasteiger partial charge in [0.25, 0.3) is 5.69 Å². The molecule has 7 nitrogen and oxygen atoms in total. The van der Waals surface area contributed by atoms with Crippen molar-refractivity contribution < 1.29 is 14.1 Å². The molecule has 0 fully saturated rings. The highest BCUT2D eigenvalue weighted by molar-refractivity contribution is 5.96. The molecule has 3 rings (SSSR count). The number of benzene rings is 2. The third kappa shape index (κ3) is 3.24. The smallest absolute Gasteiger partial charge is 0.307 e. The van der Waals surface area contributed by atoms with Gasteiger partial charge in [-0.1, -0.05) is 30.3 Å². The lowest BCUT2D eigenvalue weighted by Crippen LogP contribution is -2.16. The van der Waals surface area contributed by atoms with Gasteiger partial charge < -0.3 is 4.42 Å². The summed E-state index contributed by atoms with van der Waals surface area (Å²) in [6, 6.07) is 14.8. The van der Waals surface area contributed by atoms with Gasteiger partial charge in [-0.25, -0.2) is 5.43 Å². The van der Waals surface area contributed by atoms with Crippen molar-refractivity contribution >= 4 is 28.8 Å². The minimum Gasteiger partial charge on any atom is -0.451 e.